The first-order valence-electron chi connectivity index (χ1n) is 24.0. The Morgan fingerprint density at radius 1 is 0.926 bits per heavy atom. The number of alkyl halides is 2. The van der Waals surface area contributed by atoms with Gasteiger partial charge >= 0.3 is 6.03 Å². The van der Waals surface area contributed by atoms with Crippen LogP contribution >= 0.6 is 11.6 Å². The molecule has 10 rings (SSSR count). The molecule has 16 nitrogen and oxygen atoms in total. The Balaban J connectivity index is 0.729. The Bertz CT molecular complexity index is 2630. The Morgan fingerprint density at radius 2 is 1.69 bits per heavy atom. The van der Waals surface area contributed by atoms with Crippen LogP contribution in [0, 0.1) is 18.3 Å². The fraction of sp³-hybridized carbons (Fsp3) is 0.551. The van der Waals surface area contributed by atoms with Gasteiger partial charge in [-0.25, -0.2) is 23.1 Å². The van der Waals surface area contributed by atoms with Crippen LogP contribution in [0.1, 0.15) is 88.9 Å². The molecule has 1 aliphatic carbocycles. The van der Waals surface area contributed by atoms with Gasteiger partial charge in [0.2, 0.25) is 5.91 Å². The molecule has 5 aliphatic heterocycles. The van der Waals surface area contributed by atoms with Crippen LogP contribution in [0.4, 0.5) is 36.5 Å². The van der Waals surface area contributed by atoms with Crippen LogP contribution in [0.3, 0.4) is 0 Å². The van der Waals surface area contributed by atoms with E-state index in [2.05, 4.69) is 42.9 Å². The molecule has 2 aromatic heterocycles. The first-order valence-corrected chi connectivity index (χ1v) is 24.4. The maximum Gasteiger partial charge on any atom is 0.328 e. The number of rotatable bonds is 11. The lowest BCUT2D eigenvalue weighted by molar-refractivity contribution is -0.123. The summed E-state index contributed by atoms with van der Waals surface area (Å²) in [4.78, 5) is 65.7. The molecule has 1 spiro atoms. The number of imide groups is 1. The topological polar surface area (TPSA) is 160 Å². The number of hydrogen-bond donors (Lipinski definition) is 3. The maximum absolute atomic E-state index is 16.1. The standard InChI is InChI=1S/C49H60ClF2N11O5/c1-30-35(50)23-32(24-39(30)62-18-11-43(64)56-47(62)67)46(66)60-21-14-48(15-22-60)12-19-58(20-13-48)28-33-9-16-59(29-49(33,51)52)27-31-5-4-6-38-34(31)10-17-61(38)42-25-37(53-2)44-54-26-40(63(44)57-42)45(65)55-36-7-8-41(36)68-3/h4-6,23-26,33,36,41,53H,7-22,27-29H2,1-3H3,(H,55,65)(H,56,64,67)/t33-,36+,41+/m0/s1. The maximum atomic E-state index is 16.1. The monoisotopic (exact) mass is 955 g/mol. The fourth-order valence-corrected chi connectivity index (χ4v) is 11.6. The molecule has 0 bridgehead atoms. The van der Waals surface area contributed by atoms with Crippen LogP contribution in [0.2, 0.25) is 5.02 Å². The minimum absolute atomic E-state index is 0.00546. The zero-order chi connectivity index (χ0) is 47.5. The summed E-state index contributed by atoms with van der Waals surface area (Å²) in [7, 11) is 3.47. The summed E-state index contributed by atoms with van der Waals surface area (Å²) in [5.74, 6) is -3.64. The van der Waals surface area contributed by atoms with Crippen molar-refractivity contribution in [1.29, 1.82) is 0 Å². The number of halogens is 3. The van der Waals surface area contributed by atoms with Gasteiger partial charge in [-0.15, -0.1) is 5.10 Å². The molecular formula is C49H60ClF2N11O5. The Kier molecular flexibility index (Phi) is 12.6. The zero-order valence-corrected chi connectivity index (χ0v) is 39.7. The minimum atomic E-state index is -2.84. The second kappa shape index (κ2) is 18.5. The van der Waals surface area contributed by atoms with E-state index in [4.69, 9.17) is 21.4 Å². The highest BCUT2D eigenvalue weighted by molar-refractivity contribution is 6.32. The Labute approximate surface area is 399 Å². The van der Waals surface area contributed by atoms with Crippen LogP contribution in [0.15, 0.2) is 42.6 Å². The molecule has 3 atom stereocenters. The number of carbonyl (C=O) groups excluding carboxylic acids is 4. The number of carbonyl (C=O) groups is 4. The predicted molar refractivity (Wildman–Crippen MR) is 254 cm³/mol. The van der Waals surface area contributed by atoms with E-state index in [1.807, 2.05) is 29.0 Å². The second-order valence-electron chi connectivity index (χ2n) is 19.7. The van der Waals surface area contributed by atoms with E-state index < -0.39 is 17.9 Å². The van der Waals surface area contributed by atoms with Crippen LogP contribution in [-0.4, -0.2) is 144 Å². The molecule has 0 radical (unpaired) electrons. The number of methoxy groups -OCH3 is 1. The molecule has 4 aromatic rings. The van der Waals surface area contributed by atoms with Crippen molar-refractivity contribution in [3.8, 4) is 0 Å². The van der Waals surface area contributed by atoms with E-state index in [1.165, 1.54) is 4.90 Å². The van der Waals surface area contributed by atoms with Gasteiger partial charge in [0.25, 0.3) is 17.7 Å². The third-order valence-electron chi connectivity index (χ3n) is 15.8. The summed E-state index contributed by atoms with van der Waals surface area (Å²) >= 11 is 6.57. The minimum Gasteiger partial charge on any atom is -0.385 e. The smallest absolute Gasteiger partial charge is 0.328 e. The van der Waals surface area contributed by atoms with Crippen molar-refractivity contribution in [2.75, 3.05) is 88.2 Å². The van der Waals surface area contributed by atoms with E-state index in [0.29, 0.717) is 84.7 Å². The zero-order valence-electron chi connectivity index (χ0n) is 39.0. The molecule has 5 amide bonds. The Hall–Kier alpha value is -5.43. The van der Waals surface area contributed by atoms with Crippen LogP contribution in [-0.2, 0) is 22.5 Å². The van der Waals surface area contributed by atoms with Crippen molar-refractivity contribution < 1.29 is 32.7 Å². The van der Waals surface area contributed by atoms with E-state index in [-0.39, 0.29) is 54.8 Å². The van der Waals surface area contributed by atoms with Crippen LogP contribution in [0.25, 0.3) is 5.65 Å². The van der Waals surface area contributed by atoms with Gasteiger partial charge in [0.15, 0.2) is 17.2 Å². The molecule has 7 heterocycles. The molecular weight excluding hydrogens is 896 g/mol. The van der Waals surface area contributed by atoms with E-state index >= 15 is 8.78 Å². The highest BCUT2D eigenvalue weighted by Crippen LogP contribution is 2.44. The number of likely N-dealkylation sites (tertiary alicyclic amines) is 3. The molecule has 6 aliphatic rings. The van der Waals surface area contributed by atoms with Gasteiger partial charge < -0.3 is 30.1 Å². The average Bonchev–Trinajstić information content (AvgIpc) is 3.96. The van der Waals surface area contributed by atoms with Gasteiger partial charge in [-0.3, -0.25) is 29.5 Å². The third kappa shape index (κ3) is 8.77. The van der Waals surface area contributed by atoms with E-state index in [1.54, 1.807) is 36.9 Å². The predicted octanol–water partition coefficient (Wildman–Crippen LogP) is 6.26. The second-order valence-corrected chi connectivity index (χ2v) is 20.1. The fourth-order valence-electron chi connectivity index (χ4n) is 11.4. The summed E-state index contributed by atoms with van der Waals surface area (Å²) in [5.41, 5.74) is 6.41. The summed E-state index contributed by atoms with van der Waals surface area (Å²) in [6.45, 7) is 6.47. The van der Waals surface area contributed by atoms with Crippen molar-refractivity contribution in [3.63, 3.8) is 0 Å². The van der Waals surface area contributed by atoms with Crippen LogP contribution < -0.4 is 25.8 Å². The summed E-state index contributed by atoms with van der Waals surface area (Å²) < 4.78 is 39.3. The van der Waals surface area contributed by atoms with Gasteiger partial charge in [-0.1, -0.05) is 23.7 Å². The number of nitrogens with zero attached hydrogens (tertiary/aromatic N) is 8. The highest BCUT2D eigenvalue weighted by atomic mass is 35.5. The number of hydrogen-bond acceptors (Lipinski definition) is 11. The van der Waals surface area contributed by atoms with Crippen molar-refractivity contribution in [2.45, 2.75) is 89.3 Å². The lowest BCUT2D eigenvalue weighted by Gasteiger charge is -2.48. The van der Waals surface area contributed by atoms with Crippen molar-refractivity contribution in [2.24, 2.45) is 11.3 Å². The molecule has 0 unspecified atom stereocenters. The third-order valence-corrected chi connectivity index (χ3v) is 16.2. The number of anilines is 4. The van der Waals surface area contributed by atoms with E-state index in [9.17, 15) is 19.2 Å². The number of nitrogens with one attached hydrogen (secondary N) is 3. The SMILES string of the molecule is CNc1cc(N2CCc3c(CN4CC[C@@H](CN5CCC6(CC5)CCN(C(=O)c5cc(Cl)c(C)c(N7CCC(=O)NC7=O)c5)CC6)C(F)(F)C4)cccc32)nn2c(C(=O)N[C@@H]3CC[C@H]3OC)cnc12. The van der Waals surface area contributed by atoms with Gasteiger partial charge in [0, 0.05) is 88.1 Å². The largest absolute Gasteiger partial charge is 0.385 e. The van der Waals surface area contributed by atoms with Crippen LogP contribution in [0.5, 0.6) is 0 Å². The number of aromatic nitrogens is 3. The molecule has 5 fully saturated rings. The quantitative estimate of drug-likeness (QED) is 0.156. The molecule has 68 heavy (non-hydrogen) atoms. The first kappa shape index (κ1) is 46.3. The number of benzene rings is 2. The van der Waals surface area contributed by atoms with Crippen molar-refractivity contribution in [3.05, 3.63) is 75.6 Å². The lowest BCUT2D eigenvalue weighted by atomic mass is 9.71. The average molecular weight is 957 g/mol. The number of piperidine rings is 3. The summed E-state index contributed by atoms with van der Waals surface area (Å²) in [6, 6.07) is 10.8. The first-order chi connectivity index (χ1) is 32.7. The normalized spacial score (nSPS) is 24.0. The molecule has 2 aromatic carbocycles. The summed E-state index contributed by atoms with van der Waals surface area (Å²) in [5, 5.41) is 13.9. The molecule has 19 heteroatoms. The van der Waals surface area contributed by atoms with E-state index in [0.717, 1.165) is 80.5 Å². The number of imidazole rings is 1. The molecule has 1 saturated carbocycles. The van der Waals surface area contributed by atoms with Gasteiger partial charge in [-0.05, 0) is 118 Å². The number of ether oxygens (including phenoxy) is 1. The van der Waals surface area contributed by atoms with Gasteiger partial charge in [0.1, 0.15) is 0 Å². The molecule has 362 valence electrons. The van der Waals surface area contributed by atoms with Crippen molar-refractivity contribution in [1.82, 2.24) is 39.9 Å². The number of amides is 5. The highest BCUT2D eigenvalue weighted by Gasteiger charge is 2.47. The summed E-state index contributed by atoms with van der Waals surface area (Å²) in [6.07, 6.45) is 8.12. The van der Waals surface area contributed by atoms with Gasteiger partial charge in [0.05, 0.1) is 36.3 Å². The van der Waals surface area contributed by atoms with Gasteiger partial charge in [-0.2, -0.15) is 0 Å². The molecule has 4 saturated heterocycles. The number of urea groups is 1. The molecule has 3 N–H and O–H groups in total. The van der Waals surface area contributed by atoms with Crippen molar-refractivity contribution >= 4 is 63.9 Å². The number of fused-ring (bicyclic) bond motifs is 2. The lowest BCUT2D eigenvalue weighted by Crippen LogP contribution is -2.53. The Morgan fingerprint density at radius 3 is 2.40 bits per heavy atom.